The highest BCUT2D eigenvalue weighted by Crippen LogP contribution is 2.25. The van der Waals surface area contributed by atoms with Crippen molar-refractivity contribution in [1.29, 1.82) is 0 Å². The van der Waals surface area contributed by atoms with Gasteiger partial charge in [-0.1, -0.05) is 39.7 Å². The fourth-order valence-electron chi connectivity index (χ4n) is 1.64. The summed E-state index contributed by atoms with van der Waals surface area (Å²) in [5, 5.41) is 12.6. The monoisotopic (exact) mass is 339 g/mol. The maximum absolute atomic E-state index is 11.9. The van der Waals surface area contributed by atoms with E-state index < -0.39 is 0 Å². The highest BCUT2D eigenvalue weighted by Gasteiger charge is 2.07. The van der Waals surface area contributed by atoms with Crippen LogP contribution in [0.5, 0.6) is 5.75 Å². The molecule has 0 aliphatic carbocycles. The van der Waals surface area contributed by atoms with Crippen LogP contribution in [0.4, 0.5) is 5.69 Å². The quantitative estimate of drug-likeness (QED) is 0.887. The minimum absolute atomic E-state index is 0.144. The third kappa shape index (κ3) is 3.98. The van der Waals surface area contributed by atoms with Gasteiger partial charge >= 0.3 is 0 Å². The van der Waals surface area contributed by atoms with E-state index in [0.717, 1.165) is 10.0 Å². The molecule has 2 rings (SSSR count). The predicted molar refractivity (Wildman–Crippen MR) is 79.6 cm³/mol. The smallest absolute Gasteiger partial charge is 0.228 e. The van der Waals surface area contributed by atoms with Gasteiger partial charge in [-0.3, -0.25) is 4.79 Å². The van der Waals surface area contributed by atoms with Crippen molar-refractivity contribution in [3.63, 3.8) is 0 Å². The number of nitrogens with one attached hydrogen (secondary N) is 1. The van der Waals surface area contributed by atoms with E-state index in [-0.39, 0.29) is 18.1 Å². The minimum Gasteiger partial charge on any atom is -0.508 e. The molecule has 0 heterocycles. The van der Waals surface area contributed by atoms with E-state index in [9.17, 15) is 9.90 Å². The molecule has 0 aliphatic heterocycles. The molecule has 5 heteroatoms. The number of carbonyl (C=O) groups excluding carboxylic acids is 1. The van der Waals surface area contributed by atoms with E-state index in [1.807, 2.05) is 0 Å². The van der Waals surface area contributed by atoms with Gasteiger partial charge < -0.3 is 10.4 Å². The zero-order valence-corrected chi connectivity index (χ0v) is 12.2. The van der Waals surface area contributed by atoms with Crippen molar-refractivity contribution in [2.75, 3.05) is 5.32 Å². The second-order valence-corrected chi connectivity index (χ2v) is 5.34. The van der Waals surface area contributed by atoms with E-state index >= 15 is 0 Å². The topological polar surface area (TPSA) is 49.3 Å². The van der Waals surface area contributed by atoms with E-state index in [2.05, 4.69) is 21.2 Å². The average Bonchev–Trinajstić information content (AvgIpc) is 2.34. The van der Waals surface area contributed by atoms with Crippen molar-refractivity contribution in [1.82, 2.24) is 0 Å². The summed E-state index contributed by atoms with van der Waals surface area (Å²) >= 11 is 9.31. The Kier molecular flexibility index (Phi) is 4.45. The number of carbonyl (C=O) groups is 1. The number of benzene rings is 2. The van der Waals surface area contributed by atoms with Gasteiger partial charge in [0, 0.05) is 4.47 Å². The Balaban J connectivity index is 2.07. The first-order valence-corrected chi connectivity index (χ1v) is 6.74. The highest BCUT2D eigenvalue weighted by atomic mass is 79.9. The molecule has 19 heavy (non-hydrogen) atoms. The van der Waals surface area contributed by atoms with Crippen LogP contribution < -0.4 is 5.32 Å². The summed E-state index contributed by atoms with van der Waals surface area (Å²) < 4.78 is 0.838. The third-order valence-corrected chi connectivity index (χ3v) is 3.30. The molecule has 0 bridgehead atoms. The molecule has 0 saturated heterocycles. The maximum atomic E-state index is 11.9. The lowest BCUT2D eigenvalue weighted by atomic mass is 10.1. The summed E-state index contributed by atoms with van der Waals surface area (Å²) in [5.74, 6) is -0.0450. The summed E-state index contributed by atoms with van der Waals surface area (Å²) in [5.41, 5.74) is 1.30. The molecule has 0 fully saturated rings. The van der Waals surface area contributed by atoms with E-state index in [0.29, 0.717) is 10.7 Å². The fraction of sp³-hybridized carbons (Fsp3) is 0.0714. The van der Waals surface area contributed by atoms with Crippen LogP contribution in [0.2, 0.25) is 5.02 Å². The molecule has 0 radical (unpaired) electrons. The van der Waals surface area contributed by atoms with Crippen LogP contribution in [0, 0.1) is 0 Å². The molecule has 0 unspecified atom stereocenters. The van der Waals surface area contributed by atoms with Gasteiger partial charge in [-0.25, -0.2) is 0 Å². The molecule has 0 spiro atoms. The number of aromatic hydroxyl groups is 1. The molecular weight excluding hydrogens is 330 g/mol. The van der Waals surface area contributed by atoms with Crippen molar-refractivity contribution < 1.29 is 9.90 Å². The maximum Gasteiger partial charge on any atom is 0.228 e. The molecule has 0 aliphatic rings. The summed E-state index contributed by atoms with van der Waals surface area (Å²) in [6, 6.07) is 11.8. The third-order valence-electron chi connectivity index (χ3n) is 2.48. The molecule has 0 saturated carbocycles. The molecule has 2 aromatic carbocycles. The average molecular weight is 341 g/mol. The number of anilines is 1. The summed E-state index contributed by atoms with van der Waals surface area (Å²) in [6.07, 6.45) is 0.178. The van der Waals surface area contributed by atoms with Crippen molar-refractivity contribution >= 4 is 39.1 Å². The second-order valence-electron chi connectivity index (χ2n) is 4.02. The number of halogens is 2. The normalized spacial score (nSPS) is 10.2. The van der Waals surface area contributed by atoms with E-state index in [4.69, 9.17) is 11.6 Å². The molecule has 0 aromatic heterocycles. The van der Waals surface area contributed by atoms with Gasteiger partial charge in [0.2, 0.25) is 5.91 Å². The van der Waals surface area contributed by atoms with Gasteiger partial charge in [-0.2, -0.15) is 0 Å². The number of hydrogen-bond donors (Lipinski definition) is 2. The molecule has 3 nitrogen and oxygen atoms in total. The number of amides is 1. The number of phenols is 1. The lowest BCUT2D eigenvalue weighted by molar-refractivity contribution is -0.115. The lowest BCUT2D eigenvalue weighted by Crippen LogP contribution is -2.14. The molecule has 0 atom stereocenters. The van der Waals surface area contributed by atoms with Crippen LogP contribution in [0.3, 0.4) is 0 Å². The highest BCUT2D eigenvalue weighted by molar-refractivity contribution is 9.10. The Labute approximate surface area is 124 Å². The second kappa shape index (κ2) is 6.08. The summed E-state index contributed by atoms with van der Waals surface area (Å²) in [4.78, 5) is 11.9. The first-order valence-electron chi connectivity index (χ1n) is 5.57. The van der Waals surface area contributed by atoms with Gasteiger partial charge in [-0.05, 0) is 35.9 Å². The Bertz CT molecular complexity index is 616. The van der Waals surface area contributed by atoms with Crippen molar-refractivity contribution in [3.8, 4) is 5.75 Å². The minimum atomic E-state index is -0.189. The molecule has 2 N–H and O–H groups in total. The Morgan fingerprint density at radius 3 is 2.79 bits per heavy atom. The van der Waals surface area contributed by atoms with Crippen LogP contribution in [0.15, 0.2) is 46.9 Å². The first kappa shape index (κ1) is 13.9. The lowest BCUT2D eigenvalue weighted by Gasteiger charge is -2.08. The van der Waals surface area contributed by atoms with Crippen LogP contribution in [-0.4, -0.2) is 11.0 Å². The predicted octanol–water partition coefficient (Wildman–Crippen LogP) is 3.99. The standard InChI is InChI=1S/C14H11BrClNO2/c15-10-4-5-12(16)13(8-10)17-14(19)7-9-2-1-3-11(18)6-9/h1-6,8,18H,7H2,(H,17,19). The van der Waals surface area contributed by atoms with Gasteiger partial charge in [0.15, 0.2) is 0 Å². The number of phenolic OH excluding ortho intramolecular Hbond substituents is 1. The van der Waals surface area contributed by atoms with E-state index in [1.54, 1.807) is 42.5 Å². The summed E-state index contributed by atoms with van der Waals surface area (Å²) in [6.45, 7) is 0. The van der Waals surface area contributed by atoms with Gasteiger partial charge in [0.25, 0.3) is 0 Å². The zero-order valence-electron chi connectivity index (χ0n) is 9.86. The Morgan fingerprint density at radius 1 is 1.26 bits per heavy atom. The van der Waals surface area contributed by atoms with Crippen LogP contribution in [0.1, 0.15) is 5.56 Å². The van der Waals surface area contributed by atoms with Gasteiger partial charge in [0.05, 0.1) is 17.1 Å². The summed E-state index contributed by atoms with van der Waals surface area (Å²) in [7, 11) is 0. The Hall–Kier alpha value is -1.52. The van der Waals surface area contributed by atoms with Crippen molar-refractivity contribution in [2.24, 2.45) is 0 Å². The van der Waals surface area contributed by atoms with Gasteiger partial charge in [0.1, 0.15) is 5.75 Å². The van der Waals surface area contributed by atoms with Crippen LogP contribution in [-0.2, 0) is 11.2 Å². The van der Waals surface area contributed by atoms with Crippen LogP contribution >= 0.6 is 27.5 Å². The largest absolute Gasteiger partial charge is 0.508 e. The Morgan fingerprint density at radius 2 is 2.05 bits per heavy atom. The SMILES string of the molecule is O=C(Cc1cccc(O)c1)Nc1cc(Br)ccc1Cl. The van der Waals surface area contributed by atoms with E-state index in [1.165, 1.54) is 0 Å². The molecule has 98 valence electrons. The molecule has 1 amide bonds. The van der Waals surface area contributed by atoms with Crippen molar-refractivity contribution in [2.45, 2.75) is 6.42 Å². The zero-order chi connectivity index (χ0) is 13.8. The van der Waals surface area contributed by atoms with Crippen LogP contribution in [0.25, 0.3) is 0 Å². The molecular formula is C14H11BrClNO2. The number of hydrogen-bond acceptors (Lipinski definition) is 2. The van der Waals surface area contributed by atoms with Gasteiger partial charge in [-0.15, -0.1) is 0 Å². The fourth-order valence-corrected chi connectivity index (χ4v) is 2.17. The first-order chi connectivity index (χ1) is 9.04. The van der Waals surface area contributed by atoms with Crippen molar-refractivity contribution in [3.05, 3.63) is 57.5 Å². The number of rotatable bonds is 3. The molecule has 2 aromatic rings.